The fourth-order valence-electron chi connectivity index (χ4n) is 2.75. The molecule has 0 aliphatic heterocycles. The van der Waals surface area contributed by atoms with E-state index in [2.05, 4.69) is 33.2 Å². The number of amides is 2. The lowest BCUT2D eigenvalue weighted by Crippen LogP contribution is -2.22. The lowest BCUT2D eigenvalue weighted by atomic mass is 10.1. The van der Waals surface area contributed by atoms with Crippen LogP contribution >= 0.6 is 22.6 Å². The van der Waals surface area contributed by atoms with E-state index in [-0.39, 0.29) is 18.4 Å². The topological polar surface area (TPSA) is 93.7 Å². The van der Waals surface area contributed by atoms with Crippen LogP contribution < -0.4 is 15.4 Å². The summed E-state index contributed by atoms with van der Waals surface area (Å²) < 4.78 is 10.6. The Bertz CT molecular complexity index is 1100. The van der Waals surface area contributed by atoms with Crippen LogP contribution in [0.2, 0.25) is 0 Å². The van der Waals surface area contributed by atoms with E-state index in [1.807, 2.05) is 30.3 Å². The van der Waals surface area contributed by atoms with E-state index in [9.17, 15) is 14.4 Å². The molecule has 3 rings (SSSR count). The number of hydrogen-bond acceptors (Lipinski definition) is 5. The van der Waals surface area contributed by atoms with Crippen molar-refractivity contribution in [3.8, 4) is 5.75 Å². The number of carbonyl (C=O) groups excluding carboxylic acids is 3. The molecular formula is C24H21IN2O5. The molecular weight excluding hydrogens is 523 g/mol. The molecule has 0 fully saturated rings. The molecule has 0 aliphatic carbocycles. The highest BCUT2D eigenvalue weighted by Gasteiger charge is 2.10. The van der Waals surface area contributed by atoms with Crippen molar-refractivity contribution in [2.75, 3.05) is 11.9 Å². The summed E-state index contributed by atoms with van der Waals surface area (Å²) in [5, 5.41) is 5.70. The smallest absolute Gasteiger partial charge is 0.434 e. The van der Waals surface area contributed by atoms with Gasteiger partial charge in [0.05, 0.1) is 12.2 Å². The molecule has 7 nitrogen and oxygen atoms in total. The third kappa shape index (κ3) is 6.55. The second kappa shape index (κ2) is 11.3. The molecule has 0 heterocycles. The quantitative estimate of drug-likeness (QED) is 0.248. The van der Waals surface area contributed by atoms with Crippen molar-refractivity contribution in [3.63, 3.8) is 0 Å². The predicted octanol–water partition coefficient (Wildman–Crippen LogP) is 5.01. The molecule has 8 heteroatoms. The van der Waals surface area contributed by atoms with Crippen LogP contribution in [-0.2, 0) is 11.3 Å². The molecule has 0 unspecified atom stereocenters. The predicted molar refractivity (Wildman–Crippen MR) is 129 cm³/mol. The van der Waals surface area contributed by atoms with Crippen molar-refractivity contribution in [2.24, 2.45) is 0 Å². The Morgan fingerprint density at radius 1 is 0.875 bits per heavy atom. The highest BCUT2D eigenvalue weighted by Crippen LogP contribution is 2.16. The zero-order valence-corrected chi connectivity index (χ0v) is 19.4. The average Bonchev–Trinajstić information content (AvgIpc) is 2.79. The van der Waals surface area contributed by atoms with Crippen LogP contribution in [-0.4, -0.2) is 24.6 Å². The van der Waals surface area contributed by atoms with Crippen LogP contribution in [0.1, 0.15) is 33.2 Å². The molecule has 0 radical (unpaired) electrons. The van der Waals surface area contributed by atoms with Crippen molar-refractivity contribution in [1.82, 2.24) is 5.32 Å². The fraction of sp³-hybridized carbons (Fsp3) is 0.125. The number of anilines is 1. The Kier molecular flexibility index (Phi) is 8.20. The fourth-order valence-corrected chi connectivity index (χ4v) is 3.38. The van der Waals surface area contributed by atoms with Gasteiger partial charge in [0.2, 0.25) is 0 Å². The number of nitrogens with one attached hydrogen (secondary N) is 2. The highest BCUT2D eigenvalue weighted by molar-refractivity contribution is 14.1. The maximum absolute atomic E-state index is 12.4. The van der Waals surface area contributed by atoms with E-state index in [0.717, 1.165) is 9.13 Å². The SMILES string of the molecule is CCOC(=O)Oc1ccc(C(=O)NCc2ccc(NC(=O)c3ccccc3I)cc2)cc1. The van der Waals surface area contributed by atoms with Gasteiger partial charge in [-0.15, -0.1) is 0 Å². The molecule has 2 amide bonds. The van der Waals surface area contributed by atoms with Crippen molar-refractivity contribution in [1.29, 1.82) is 0 Å². The lowest BCUT2D eigenvalue weighted by molar-refractivity contribution is 0.0950. The van der Waals surface area contributed by atoms with Gasteiger partial charge in [-0.25, -0.2) is 4.79 Å². The average molecular weight is 544 g/mol. The molecule has 0 aromatic heterocycles. The molecule has 0 atom stereocenters. The van der Waals surface area contributed by atoms with Crippen LogP contribution in [0.5, 0.6) is 5.75 Å². The largest absolute Gasteiger partial charge is 0.513 e. The van der Waals surface area contributed by atoms with E-state index in [0.29, 0.717) is 29.1 Å². The second-order valence-corrected chi connectivity index (χ2v) is 7.79. The number of carbonyl (C=O) groups is 3. The number of rotatable bonds is 7. The van der Waals surface area contributed by atoms with Gasteiger partial charge in [0.15, 0.2) is 0 Å². The molecule has 164 valence electrons. The van der Waals surface area contributed by atoms with Crippen LogP contribution in [0, 0.1) is 3.57 Å². The molecule has 32 heavy (non-hydrogen) atoms. The standard InChI is InChI=1S/C24H21IN2O5/c1-2-31-24(30)32-19-13-9-17(10-14-19)22(28)26-15-16-7-11-18(12-8-16)27-23(29)20-5-3-4-6-21(20)25/h3-14H,2,15H2,1H3,(H,26,28)(H,27,29). The van der Waals surface area contributed by atoms with Crippen LogP contribution in [0.4, 0.5) is 10.5 Å². The van der Waals surface area contributed by atoms with Gasteiger partial charge in [-0.1, -0.05) is 24.3 Å². The Hall–Kier alpha value is -3.40. The Morgan fingerprint density at radius 2 is 1.56 bits per heavy atom. The van der Waals surface area contributed by atoms with Gasteiger partial charge in [-0.2, -0.15) is 0 Å². The van der Waals surface area contributed by atoms with Gasteiger partial charge in [0.1, 0.15) is 5.75 Å². The molecule has 0 bridgehead atoms. The summed E-state index contributed by atoms with van der Waals surface area (Å²) in [6, 6.07) is 20.8. The third-order valence-corrected chi connectivity index (χ3v) is 5.30. The van der Waals surface area contributed by atoms with Crippen molar-refractivity contribution in [2.45, 2.75) is 13.5 Å². The van der Waals surface area contributed by atoms with E-state index in [1.54, 1.807) is 37.3 Å². The first-order valence-corrected chi connectivity index (χ1v) is 10.9. The number of benzene rings is 3. The summed E-state index contributed by atoms with van der Waals surface area (Å²) in [5.41, 5.74) is 2.60. The number of halogens is 1. The van der Waals surface area contributed by atoms with E-state index in [4.69, 9.17) is 9.47 Å². The maximum atomic E-state index is 12.4. The van der Waals surface area contributed by atoms with Crippen LogP contribution in [0.3, 0.4) is 0 Å². The summed E-state index contributed by atoms with van der Waals surface area (Å²) in [4.78, 5) is 36.1. The van der Waals surface area contributed by atoms with E-state index >= 15 is 0 Å². The van der Waals surface area contributed by atoms with Gasteiger partial charge in [0, 0.05) is 21.4 Å². The number of ether oxygens (including phenoxy) is 2. The summed E-state index contributed by atoms with van der Waals surface area (Å²) in [7, 11) is 0. The van der Waals surface area contributed by atoms with Gasteiger partial charge in [-0.3, -0.25) is 9.59 Å². The summed E-state index contributed by atoms with van der Waals surface area (Å²) in [6.45, 7) is 2.23. The van der Waals surface area contributed by atoms with Crippen LogP contribution in [0.25, 0.3) is 0 Å². The third-order valence-electron chi connectivity index (χ3n) is 4.36. The van der Waals surface area contributed by atoms with Crippen molar-refractivity contribution in [3.05, 3.63) is 93.1 Å². The van der Waals surface area contributed by atoms with E-state index in [1.165, 1.54) is 12.1 Å². The molecule has 0 aliphatic rings. The zero-order valence-electron chi connectivity index (χ0n) is 17.3. The van der Waals surface area contributed by atoms with Crippen molar-refractivity contribution >= 4 is 46.2 Å². The zero-order chi connectivity index (χ0) is 22.9. The van der Waals surface area contributed by atoms with Gasteiger partial charge in [0.25, 0.3) is 11.8 Å². The van der Waals surface area contributed by atoms with E-state index < -0.39 is 6.16 Å². The molecule has 3 aromatic carbocycles. The minimum absolute atomic E-state index is 0.175. The first-order valence-electron chi connectivity index (χ1n) is 9.84. The summed E-state index contributed by atoms with van der Waals surface area (Å²) in [6.07, 6.45) is -0.789. The molecule has 0 spiro atoms. The van der Waals surface area contributed by atoms with Crippen molar-refractivity contribution < 1.29 is 23.9 Å². The summed E-state index contributed by atoms with van der Waals surface area (Å²) >= 11 is 2.13. The molecule has 3 aromatic rings. The molecule has 0 saturated heterocycles. The minimum Gasteiger partial charge on any atom is -0.434 e. The minimum atomic E-state index is -0.789. The maximum Gasteiger partial charge on any atom is 0.513 e. The van der Waals surface area contributed by atoms with Crippen LogP contribution in [0.15, 0.2) is 72.8 Å². The highest BCUT2D eigenvalue weighted by atomic mass is 127. The second-order valence-electron chi connectivity index (χ2n) is 6.62. The first kappa shape index (κ1) is 23.3. The first-order chi connectivity index (χ1) is 15.5. The normalized spacial score (nSPS) is 10.2. The molecule has 0 saturated carbocycles. The lowest BCUT2D eigenvalue weighted by Gasteiger charge is -2.09. The number of hydrogen-bond donors (Lipinski definition) is 2. The van der Waals surface area contributed by atoms with Gasteiger partial charge >= 0.3 is 6.16 Å². The summed E-state index contributed by atoms with van der Waals surface area (Å²) in [5.74, 6) is -0.141. The van der Waals surface area contributed by atoms with Gasteiger partial charge < -0.3 is 20.1 Å². The monoisotopic (exact) mass is 544 g/mol. The Labute approximate surface area is 199 Å². The Balaban J connectivity index is 1.51. The Morgan fingerprint density at radius 3 is 2.22 bits per heavy atom. The van der Waals surface area contributed by atoms with Gasteiger partial charge in [-0.05, 0) is 83.6 Å². The molecule has 2 N–H and O–H groups in total.